The molecule has 1 rings (SSSR count). The molecule has 0 saturated heterocycles. The highest BCUT2D eigenvalue weighted by molar-refractivity contribution is 7.98. The van der Waals surface area contributed by atoms with Gasteiger partial charge in [-0.3, -0.25) is 9.89 Å². The molecule has 0 radical (unpaired) electrons. The number of nitrogens with two attached hydrogens (primary N) is 1. The third-order valence-corrected chi connectivity index (χ3v) is 3.45. The molecule has 0 spiro atoms. The number of nitrogens with zero attached hydrogens (tertiary/aromatic N) is 1. The van der Waals surface area contributed by atoms with Gasteiger partial charge >= 0.3 is 0 Å². The lowest BCUT2D eigenvalue weighted by molar-refractivity contribution is 0.0722. The Morgan fingerprint density at radius 1 is 1.67 bits per heavy atom. The van der Waals surface area contributed by atoms with Gasteiger partial charge in [-0.05, 0) is 19.6 Å². The molecular formula is C11H20N4O2S. The van der Waals surface area contributed by atoms with Gasteiger partial charge < -0.3 is 16.2 Å². The summed E-state index contributed by atoms with van der Waals surface area (Å²) >= 11 is 1.52. The Bertz CT molecular complexity index is 417. The van der Waals surface area contributed by atoms with Crippen LogP contribution in [0, 0.1) is 0 Å². The zero-order chi connectivity index (χ0) is 13.8. The fourth-order valence-corrected chi connectivity index (χ4v) is 2.27. The first-order chi connectivity index (χ1) is 8.41. The fourth-order valence-electron chi connectivity index (χ4n) is 1.55. The predicted octanol–water partition coefficient (Wildman–Crippen LogP) is 0.398. The van der Waals surface area contributed by atoms with E-state index >= 15 is 0 Å². The summed E-state index contributed by atoms with van der Waals surface area (Å²) in [6.07, 6.45) is 2.59. The van der Waals surface area contributed by atoms with Gasteiger partial charge in [0.2, 0.25) is 0 Å². The van der Waals surface area contributed by atoms with Crippen molar-refractivity contribution in [3.63, 3.8) is 0 Å². The molecule has 0 saturated carbocycles. The van der Waals surface area contributed by atoms with Gasteiger partial charge in [0.15, 0.2) is 5.69 Å². The van der Waals surface area contributed by atoms with Crippen LogP contribution in [-0.2, 0) is 6.42 Å². The number of aromatic nitrogens is 2. The van der Waals surface area contributed by atoms with Crippen molar-refractivity contribution in [1.82, 2.24) is 15.5 Å². The van der Waals surface area contributed by atoms with Crippen molar-refractivity contribution in [3.05, 3.63) is 11.4 Å². The Balaban J connectivity index is 2.63. The van der Waals surface area contributed by atoms with Gasteiger partial charge in [0.1, 0.15) is 0 Å². The van der Waals surface area contributed by atoms with Crippen molar-refractivity contribution < 1.29 is 9.90 Å². The van der Waals surface area contributed by atoms with Crippen LogP contribution < -0.4 is 11.1 Å². The van der Waals surface area contributed by atoms with Crippen molar-refractivity contribution in [2.24, 2.45) is 0 Å². The first-order valence-electron chi connectivity index (χ1n) is 5.73. The SMILES string of the molecule is CCc1[nH]nc(C(=O)NCC(C)(O)CSC)c1N. The summed E-state index contributed by atoms with van der Waals surface area (Å²) in [5, 5.41) is 19.2. The number of aromatic amines is 1. The number of nitrogen functional groups attached to an aromatic ring is 1. The summed E-state index contributed by atoms with van der Waals surface area (Å²) in [6.45, 7) is 3.77. The van der Waals surface area contributed by atoms with Crippen LogP contribution in [0.4, 0.5) is 5.69 Å². The maximum absolute atomic E-state index is 11.9. The lowest BCUT2D eigenvalue weighted by Gasteiger charge is -2.22. The molecule has 1 heterocycles. The molecule has 1 aromatic heterocycles. The number of aryl methyl sites for hydroxylation is 1. The second kappa shape index (κ2) is 6.10. The van der Waals surface area contributed by atoms with Crippen LogP contribution in [0.25, 0.3) is 0 Å². The second-order valence-electron chi connectivity index (χ2n) is 4.43. The smallest absolute Gasteiger partial charge is 0.274 e. The van der Waals surface area contributed by atoms with Crippen LogP contribution in [0.2, 0.25) is 0 Å². The standard InChI is InChI=1S/C11H20N4O2S/c1-4-7-8(12)9(15-14-7)10(16)13-5-11(2,17)6-18-3/h17H,4-6,12H2,1-3H3,(H,13,16)(H,14,15). The Kier molecular flexibility index (Phi) is 5.03. The van der Waals surface area contributed by atoms with Crippen LogP contribution in [0.5, 0.6) is 0 Å². The van der Waals surface area contributed by atoms with Crippen molar-refractivity contribution in [3.8, 4) is 0 Å². The largest absolute Gasteiger partial charge is 0.395 e. The molecule has 0 aromatic carbocycles. The normalized spacial score (nSPS) is 14.2. The molecule has 1 aromatic rings. The highest BCUT2D eigenvalue weighted by Crippen LogP contribution is 2.15. The third-order valence-electron chi connectivity index (χ3n) is 2.54. The van der Waals surface area contributed by atoms with Gasteiger partial charge in [0.25, 0.3) is 5.91 Å². The minimum atomic E-state index is -0.937. The number of rotatable bonds is 6. The summed E-state index contributed by atoms with van der Waals surface area (Å²) in [5.74, 6) is 0.175. The molecule has 0 fully saturated rings. The molecule has 0 aliphatic rings. The molecule has 5 N–H and O–H groups in total. The average molecular weight is 272 g/mol. The monoisotopic (exact) mass is 272 g/mol. The summed E-state index contributed by atoms with van der Waals surface area (Å²) < 4.78 is 0. The van der Waals surface area contributed by atoms with E-state index in [4.69, 9.17) is 5.73 Å². The highest BCUT2D eigenvalue weighted by Gasteiger charge is 2.23. The van der Waals surface area contributed by atoms with E-state index in [1.165, 1.54) is 11.8 Å². The summed E-state index contributed by atoms with van der Waals surface area (Å²) in [7, 11) is 0. The van der Waals surface area contributed by atoms with E-state index in [9.17, 15) is 9.90 Å². The Morgan fingerprint density at radius 2 is 2.33 bits per heavy atom. The number of carbonyl (C=O) groups is 1. The average Bonchev–Trinajstić information content (AvgIpc) is 2.67. The Labute approximate surface area is 111 Å². The number of anilines is 1. The van der Waals surface area contributed by atoms with Gasteiger partial charge in [0.05, 0.1) is 17.0 Å². The van der Waals surface area contributed by atoms with Crippen molar-refractivity contribution >= 4 is 23.4 Å². The lowest BCUT2D eigenvalue weighted by atomic mass is 10.1. The minimum absolute atomic E-state index is 0.167. The predicted molar refractivity (Wildman–Crippen MR) is 73.7 cm³/mol. The lowest BCUT2D eigenvalue weighted by Crippen LogP contribution is -2.42. The van der Waals surface area contributed by atoms with Crippen LogP contribution in [0.3, 0.4) is 0 Å². The van der Waals surface area contributed by atoms with E-state index in [0.717, 1.165) is 5.69 Å². The number of thioether (sulfide) groups is 1. The van der Waals surface area contributed by atoms with Gasteiger partial charge in [0, 0.05) is 12.3 Å². The Hall–Kier alpha value is -1.21. The summed E-state index contributed by atoms with van der Waals surface area (Å²) in [5.41, 5.74) is 6.16. The molecule has 18 heavy (non-hydrogen) atoms. The molecule has 102 valence electrons. The molecule has 1 atom stereocenters. The molecular weight excluding hydrogens is 252 g/mol. The first kappa shape index (κ1) is 14.8. The van der Waals surface area contributed by atoms with Gasteiger partial charge in [-0.1, -0.05) is 6.92 Å². The van der Waals surface area contributed by atoms with E-state index in [1.807, 2.05) is 13.2 Å². The molecule has 0 bridgehead atoms. The number of amides is 1. The first-order valence-corrected chi connectivity index (χ1v) is 7.13. The number of nitrogens with one attached hydrogen (secondary N) is 2. The number of H-pyrrole nitrogens is 1. The molecule has 0 aliphatic carbocycles. The molecule has 1 amide bonds. The van der Waals surface area contributed by atoms with Crippen LogP contribution >= 0.6 is 11.8 Å². The number of aliphatic hydroxyl groups is 1. The maximum Gasteiger partial charge on any atom is 0.274 e. The van der Waals surface area contributed by atoms with Gasteiger partial charge in [-0.25, -0.2) is 0 Å². The summed E-state index contributed by atoms with van der Waals surface area (Å²) in [6, 6.07) is 0. The molecule has 6 nitrogen and oxygen atoms in total. The molecule has 7 heteroatoms. The molecule has 0 aliphatic heterocycles. The number of carbonyl (C=O) groups excluding carboxylic acids is 1. The van der Waals surface area contributed by atoms with Gasteiger partial charge in [-0.2, -0.15) is 16.9 Å². The van der Waals surface area contributed by atoms with Crippen molar-refractivity contribution in [2.45, 2.75) is 25.9 Å². The zero-order valence-electron chi connectivity index (χ0n) is 10.9. The fraction of sp³-hybridized carbons (Fsp3) is 0.636. The number of hydrogen-bond donors (Lipinski definition) is 4. The minimum Gasteiger partial charge on any atom is -0.395 e. The van der Waals surface area contributed by atoms with Gasteiger partial charge in [-0.15, -0.1) is 0 Å². The van der Waals surface area contributed by atoms with Crippen molar-refractivity contribution in [2.75, 3.05) is 24.3 Å². The van der Waals surface area contributed by atoms with E-state index in [2.05, 4.69) is 15.5 Å². The highest BCUT2D eigenvalue weighted by atomic mass is 32.2. The van der Waals surface area contributed by atoms with Crippen LogP contribution in [0.1, 0.15) is 30.0 Å². The van der Waals surface area contributed by atoms with E-state index in [1.54, 1.807) is 6.92 Å². The van der Waals surface area contributed by atoms with E-state index in [-0.39, 0.29) is 18.1 Å². The van der Waals surface area contributed by atoms with Crippen LogP contribution in [-0.4, -0.2) is 45.4 Å². The second-order valence-corrected chi connectivity index (χ2v) is 5.30. The Morgan fingerprint density at radius 3 is 2.83 bits per heavy atom. The van der Waals surface area contributed by atoms with E-state index in [0.29, 0.717) is 17.9 Å². The molecule has 1 unspecified atom stereocenters. The third kappa shape index (κ3) is 3.64. The summed E-state index contributed by atoms with van der Waals surface area (Å²) in [4.78, 5) is 11.9. The van der Waals surface area contributed by atoms with Crippen molar-refractivity contribution in [1.29, 1.82) is 0 Å². The zero-order valence-corrected chi connectivity index (χ0v) is 11.7. The van der Waals surface area contributed by atoms with E-state index < -0.39 is 5.60 Å². The number of hydrogen-bond acceptors (Lipinski definition) is 5. The maximum atomic E-state index is 11.9. The topological polar surface area (TPSA) is 104 Å². The van der Waals surface area contributed by atoms with Crippen LogP contribution in [0.15, 0.2) is 0 Å². The quantitative estimate of drug-likeness (QED) is 0.600.